The fourth-order valence-corrected chi connectivity index (χ4v) is 3.13. The van der Waals surface area contributed by atoms with Gasteiger partial charge in [-0.05, 0) is 23.6 Å². The lowest BCUT2D eigenvalue weighted by molar-refractivity contribution is -0.110. The zero-order valence-corrected chi connectivity index (χ0v) is 12.4. The molecule has 1 N–H and O–H groups in total. The van der Waals surface area contributed by atoms with Crippen molar-refractivity contribution in [3.05, 3.63) is 29.8 Å². The van der Waals surface area contributed by atoms with Gasteiger partial charge in [-0.3, -0.25) is 0 Å². The Balaban J connectivity index is 2.44. The van der Waals surface area contributed by atoms with Crippen LogP contribution in [0.3, 0.4) is 0 Å². The van der Waals surface area contributed by atoms with E-state index in [4.69, 9.17) is 9.47 Å². The predicted octanol–water partition coefficient (Wildman–Crippen LogP) is 3.18. The van der Waals surface area contributed by atoms with Gasteiger partial charge in [-0.25, -0.2) is 0 Å². The van der Waals surface area contributed by atoms with Crippen LogP contribution in [-0.4, -0.2) is 24.4 Å². The molecule has 1 aromatic rings. The average molecular weight is 264 g/mol. The number of rotatable bonds is 3. The zero-order valence-electron chi connectivity index (χ0n) is 12.4. The Bertz CT molecular complexity index is 453. The van der Waals surface area contributed by atoms with Gasteiger partial charge in [-0.1, -0.05) is 39.8 Å². The minimum Gasteiger partial charge on any atom is -0.497 e. The zero-order chi connectivity index (χ0) is 14.3. The molecule has 1 aromatic carbocycles. The summed E-state index contributed by atoms with van der Waals surface area (Å²) >= 11 is 0. The molecule has 0 aromatic heterocycles. The van der Waals surface area contributed by atoms with Crippen LogP contribution in [0, 0.1) is 11.3 Å². The van der Waals surface area contributed by atoms with E-state index in [9.17, 15) is 5.11 Å². The first-order valence-corrected chi connectivity index (χ1v) is 6.81. The standard InChI is InChI=1S/C16H24O3/c1-11(2)16(17)14(19-10-15(16,3)4)12-7-6-8-13(9-12)18-5/h6-9,11,14,17H,10H2,1-5H3/t14-,16-/m0/s1. The van der Waals surface area contributed by atoms with Crippen LogP contribution in [0.1, 0.15) is 39.4 Å². The summed E-state index contributed by atoms with van der Waals surface area (Å²) in [6, 6.07) is 7.77. The fraction of sp³-hybridized carbons (Fsp3) is 0.625. The second-order valence-corrected chi connectivity index (χ2v) is 6.33. The summed E-state index contributed by atoms with van der Waals surface area (Å²) in [5.41, 5.74) is -0.171. The van der Waals surface area contributed by atoms with Crippen LogP contribution in [0.2, 0.25) is 0 Å². The van der Waals surface area contributed by atoms with Crippen LogP contribution in [0.25, 0.3) is 0 Å². The Labute approximate surface area is 115 Å². The largest absolute Gasteiger partial charge is 0.497 e. The molecule has 1 heterocycles. The van der Waals surface area contributed by atoms with E-state index in [0.717, 1.165) is 11.3 Å². The normalized spacial score (nSPS) is 29.7. The van der Waals surface area contributed by atoms with Gasteiger partial charge >= 0.3 is 0 Å². The molecule has 0 saturated carbocycles. The van der Waals surface area contributed by atoms with E-state index in [1.54, 1.807) is 7.11 Å². The molecule has 19 heavy (non-hydrogen) atoms. The topological polar surface area (TPSA) is 38.7 Å². The molecule has 0 amide bonds. The van der Waals surface area contributed by atoms with E-state index in [-0.39, 0.29) is 17.4 Å². The Kier molecular flexibility index (Phi) is 3.63. The van der Waals surface area contributed by atoms with E-state index in [0.29, 0.717) is 6.61 Å². The third-order valence-corrected chi connectivity index (χ3v) is 4.37. The maximum atomic E-state index is 11.2. The van der Waals surface area contributed by atoms with Crippen LogP contribution >= 0.6 is 0 Å². The second-order valence-electron chi connectivity index (χ2n) is 6.33. The third kappa shape index (κ3) is 2.15. The Morgan fingerprint density at radius 1 is 1.37 bits per heavy atom. The summed E-state index contributed by atoms with van der Waals surface area (Å²) < 4.78 is 11.2. The fourth-order valence-electron chi connectivity index (χ4n) is 3.13. The quantitative estimate of drug-likeness (QED) is 0.911. The summed E-state index contributed by atoms with van der Waals surface area (Å²) in [7, 11) is 1.65. The molecule has 1 aliphatic heterocycles. The van der Waals surface area contributed by atoms with Crippen molar-refractivity contribution >= 4 is 0 Å². The summed E-state index contributed by atoms with van der Waals surface area (Å²) in [5, 5.41) is 11.2. The monoisotopic (exact) mass is 264 g/mol. The molecule has 0 aliphatic carbocycles. The molecular formula is C16H24O3. The molecule has 1 aliphatic rings. The van der Waals surface area contributed by atoms with Gasteiger partial charge in [0.05, 0.1) is 13.7 Å². The first kappa shape index (κ1) is 14.4. The van der Waals surface area contributed by atoms with E-state index >= 15 is 0 Å². The number of aliphatic hydroxyl groups is 1. The molecule has 0 bridgehead atoms. The van der Waals surface area contributed by atoms with Crippen LogP contribution in [0.4, 0.5) is 0 Å². The Morgan fingerprint density at radius 2 is 2.05 bits per heavy atom. The first-order valence-electron chi connectivity index (χ1n) is 6.81. The average Bonchev–Trinajstić information content (AvgIpc) is 2.62. The molecule has 0 unspecified atom stereocenters. The maximum absolute atomic E-state index is 11.2. The number of methoxy groups -OCH3 is 1. The van der Waals surface area contributed by atoms with Crippen LogP contribution < -0.4 is 4.74 Å². The highest BCUT2D eigenvalue weighted by Crippen LogP contribution is 2.53. The molecule has 0 radical (unpaired) electrons. The van der Waals surface area contributed by atoms with Gasteiger partial charge in [0, 0.05) is 5.41 Å². The molecule has 0 spiro atoms. The smallest absolute Gasteiger partial charge is 0.119 e. The highest BCUT2D eigenvalue weighted by Gasteiger charge is 2.57. The van der Waals surface area contributed by atoms with Crippen molar-refractivity contribution in [1.29, 1.82) is 0 Å². The third-order valence-electron chi connectivity index (χ3n) is 4.37. The molecule has 1 fully saturated rings. The minimum atomic E-state index is -0.876. The lowest BCUT2D eigenvalue weighted by Crippen LogP contribution is -2.49. The summed E-state index contributed by atoms with van der Waals surface area (Å²) in [5.74, 6) is 0.901. The maximum Gasteiger partial charge on any atom is 0.119 e. The van der Waals surface area contributed by atoms with Gasteiger partial charge in [0.2, 0.25) is 0 Å². The van der Waals surface area contributed by atoms with Gasteiger partial charge in [-0.15, -0.1) is 0 Å². The highest BCUT2D eigenvalue weighted by molar-refractivity contribution is 5.33. The molecule has 1 saturated heterocycles. The summed E-state index contributed by atoms with van der Waals surface area (Å²) in [4.78, 5) is 0. The van der Waals surface area contributed by atoms with Crippen molar-refractivity contribution < 1.29 is 14.6 Å². The van der Waals surface area contributed by atoms with Crippen molar-refractivity contribution in [2.75, 3.05) is 13.7 Å². The van der Waals surface area contributed by atoms with Crippen molar-refractivity contribution in [3.63, 3.8) is 0 Å². The van der Waals surface area contributed by atoms with E-state index in [1.165, 1.54) is 0 Å². The molecule has 3 heteroatoms. The van der Waals surface area contributed by atoms with Gasteiger partial charge in [0.15, 0.2) is 0 Å². The van der Waals surface area contributed by atoms with Crippen molar-refractivity contribution in [1.82, 2.24) is 0 Å². The molecule has 2 atom stereocenters. The Morgan fingerprint density at radius 3 is 2.63 bits per heavy atom. The Hall–Kier alpha value is -1.06. The van der Waals surface area contributed by atoms with Crippen LogP contribution in [-0.2, 0) is 4.74 Å². The van der Waals surface area contributed by atoms with Crippen LogP contribution in [0.15, 0.2) is 24.3 Å². The van der Waals surface area contributed by atoms with Gasteiger partial charge in [0.25, 0.3) is 0 Å². The number of ether oxygens (including phenoxy) is 2. The number of hydrogen-bond donors (Lipinski definition) is 1. The number of benzene rings is 1. The van der Waals surface area contributed by atoms with Gasteiger partial charge < -0.3 is 14.6 Å². The van der Waals surface area contributed by atoms with Crippen LogP contribution in [0.5, 0.6) is 5.75 Å². The lowest BCUT2D eigenvalue weighted by atomic mass is 9.67. The van der Waals surface area contributed by atoms with Gasteiger partial charge in [-0.2, -0.15) is 0 Å². The predicted molar refractivity (Wildman–Crippen MR) is 75.3 cm³/mol. The summed E-state index contributed by atoms with van der Waals surface area (Å²) in [6.07, 6.45) is -0.308. The second kappa shape index (κ2) is 4.80. The summed E-state index contributed by atoms with van der Waals surface area (Å²) in [6.45, 7) is 8.77. The lowest BCUT2D eigenvalue weighted by Gasteiger charge is -2.42. The molecular weight excluding hydrogens is 240 g/mol. The number of hydrogen-bond acceptors (Lipinski definition) is 3. The van der Waals surface area contributed by atoms with E-state index in [2.05, 4.69) is 13.8 Å². The minimum absolute atomic E-state index is 0.112. The molecule has 106 valence electrons. The van der Waals surface area contributed by atoms with E-state index in [1.807, 2.05) is 38.1 Å². The van der Waals surface area contributed by atoms with E-state index < -0.39 is 5.60 Å². The van der Waals surface area contributed by atoms with Crippen molar-refractivity contribution in [2.45, 2.75) is 39.4 Å². The highest BCUT2D eigenvalue weighted by atomic mass is 16.5. The van der Waals surface area contributed by atoms with Crippen molar-refractivity contribution in [3.8, 4) is 5.75 Å². The molecule has 3 nitrogen and oxygen atoms in total. The van der Waals surface area contributed by atoms with Crippen molar-refractivity contribution in [2.24, 2.45) is 11.3 Å². The SMILES string of the molecule is COc1cccc([C@@H]2OCC(C)(C)[C@]2(O)C(C)C)c1. The molecule has 2 rings (SSSR count). The van der Waals surface area contributed by atoms with Gasteiger partial charge in [0.1, 0.15) is 17.5 Å². The first-order chi connectivity index (χ1) is 8.83.